The highest BCUT2D eigenvalue weighted by Gasteiger charge is 2.15. The van der Waals surface area contributed by atoms with Crippen LogP contribution < -0.4 is 0 Å². The van der Waals surface area contributed by atoms with Crippen molar-refractivity contribution >= 4 is 34.5 Å². The summed E-state index contributed by atoms with van der Waals surface area (Å²) in [5.41, 5.74) is 1.76. The summed E-state index contributed by atoms with van der Waals surface area (Å²) in [5.74, 6) is 0. The number of rotatable bonds is 2. The third-order valence-corrected chi connectivity index (χ3v) is 4.23. The van der Waals surface area contributed by atoms with E-state index in [4.69, 9.17) is 23.2 Å². The van der Waals surface area contributed by atoms with E-state index in [2.05, 4.69) is 0 Å². The number of hydrogen-bond acceptors (Lipinski definition) is 2. The monoisotopic (exact) mass is 272 g/mol. The van der Waals surface area contributed by atoms with Gasteiger partial charge < -0.3 is 5.11 Å². The lowest BCUT2D eigenvalue weighted by atomic mass is 10.1. The Morgan fingerprint density at radius 2 is 1.94 bits per heavy atom. The number of halogens is 2. The molecule has 2 aromatic rings. The van der Waals surface area contributed by atoms with E-state index >= 15 is 0 Å². The van der Waals surface area contributed by atoms with Crippen LogP contribution in [0.5, 0.6) is 0 Å². The van der Waals surface area contributed by atoms with E-state index in [1.807, 2.05) is 24.4 Å². The third kappa shape index (κ3) is 2.25. The molecule has 84 valence electrons. The van der Waals surface area contributed by atoms with Crippen LogP contribution in [0.3, 0.4) is 0 Å². The van der Waals surface area contributed by atoms with E-state index in [1.165, 1.54) is 11.3 Å². The van der Waals surface area contributed by atoms with Crippen molar-refractivity contribution in [2.75, 3.05) is 0 Å². The Hall–Kier alpha value is -0.540. The maximum Gasteiger partial charge on any atom is 0.115 e. The van der Waals surface area contributed by atoms with E-state index in [0.717, 1.165) is 16.0 Å². The van der Waals surface area contributed by atoms with Crippen LogP contribution in [0.4, 0.5) is 0 Å². The van der Waals surface area contributed by atoms with E-state index in [9.17, 15) is 5.11 Å². The van der Waals surface area contributed by atoms with Crippen LogP contribution in [0.2, 0.25) is 10.0 Å². The number of aryl methyl sites for hydroxylation is 1. The molecule has 16 heavy (non-hydrogen) atoms. The first-order valence-corrected chi connectivity index (χ1v) is 6.40. The van der Waals surface area contributed by atoms with E-state index in [1.54, 1.807) is 12.1 Å². The Morgan fingerprint density at radius 1 is 1.19 bits per heavy atom. The van der Waals surface area contributed by atoms with Crippen molar-refractivity contribution in [3.8, 4) is 0 Å². The standard InChI is InChI=1S/C12H10Cl2OS/c1-7-6-8(2-3-9(7)13)11(15)12-10(14)4-5-16-12/h2-6,11,15H,1H3. The first-order valence-electron chi connectivity index (χ1n) is 4.76. The van der Waals surface area contributed by atoms with Crippen molar-refractivity contribution in [2.24, 2.45) is 0 Å². The van der Waals surface area contributed by atoms with Gasteiger partial charge in [-0.05, 0) is 35.6 Å². The molecule has 1 aromatic heterocycles. The average molecular weight is 273 g/mol. The number of aliphatic hydroxyl groups excluding tert-OH is 1. The summed E-state index contributed by atoms with van der Waals surface area (Å²) in [4.78, 5) is 0.767. The molecule has 0 saturated carbocycles. The average Bonchev–Trinajstić information content (AvgIpc) is 2.67. The van der Waals surface area contributed by atoms with Crippen LogP contribution >= 0.6 is 34.5 Å². The topological polar surface area (TPSA) is 20.2 Å². The molecule has 1 unspecified atom stereocenters. The zero-order valence-corrected chi connectivity index (χ0v) is 10.9. The molecule has 0 amide bonds. The smallest absolute Gasteiger partial charge is 0.115 e. The molecule has 0 bridgehead atoms. The van der Waals surface area contributed by atoms with Crippen LogP contribution in [0.25, 0.3) is 0 Å². The number of benzene rings is 1. The molecule has 1 heterocycles. The van der Waals surface area contributed by atoms with Gasteiger partial charge in [0.15, 0.2) is 0 Å². The molecule has 1 nitrogen and oxygen atoms in total. The van der Waals surface area contributed by atoms with Crippen LogP contribution in [-0.2, 0) is 0 Å². The second kappa shape index (κ2) is 4.76. The fourth-order valence-electron chi connectivity index (χ4n) is 1.49. The molecule has 0 aliphatic carbocycles. The number of thiophene rings is 1. The summed E-state index contributed by atoms with van der Waals surface area (Å²) in [6, 6.07) is 7.27. The minimum Gasteiger partial charge on any atom is -0.383 e. The zero-order chi connectivity index (χ0) is 11.7. The summed E-state index contributed by atoms with van der Waals surface area (Å²) < 4.78 is 0. The van der Waals surface area contributed by atoms with Crippen LogP contribution in [0.15, 0.2) is 29.6 Å². The highest BCUT2D eigenvalue weighted by molar-refractivity contribution is 7.10. The van der Waals surface area contributed by atoms with Gasteiger partial charge in [-0.1, -0.05) is 35.3 Å². The lowest BCUT2D eigenvalue weighted by molar-refractivity contribution is 0.224. The Morgan fingerprint density at radius 3 is 2.50 bits per heavy atom. The van der Waals surface area contributed by atoms with Gasteiger partial charge in [0.05, 0.1) is 9.90 Å². The van der Waals surface area contributed by atoms with Crippen LogP contribution in [0.1, 0.15) is 22.1 Å². The summed E-state index contributed by atoms with van der Waals surface area (Å²) in [7, 11) is 0. The van der Waals surface area contributed by atoms with E-state index in [0.29, 0.717) is 10.0 Å². The molecular weight excluding hydrogens is 263 g/mol. The second-order valence-electron chi connectivity index (χ2n) is 3.54. The molecule has 4 heteroatoms. The fourth-order valence-corrected chi connectivity index (χ4v) is 2.78. The van der Waals surface area contributed by atoms with Crippen molar-refractivity contribution < 1.29 is 5.11 Å². The van der Waals surface area contributed by atoms with Gasteiger partial charge >= 0.3 is 0 Å². The zero-order valence-electron chi connectivity index (χ0n) is 8.58. The first-order chi connectivity index (χ1) is 7.59. The summed E-state index contributed by atoms with van der Waals surface area (Å²) in [5, 5.41) is 13.3. The van der Waals surface area contributed by atoms with Crippen molar-refractivity contribution in [3.63, 3.8) is 0 Å². The Kier molecular flexibility index (Phi) is 3.55. The van der Waals surface area contributed by atoms with E-state index < -0.39 is 6.10 Å². The lowest BCUT2D eigenvalue weighted by Gasteiger charge is -2.11. The van der Waals surface area contributed by atoms with Gasteiger partial charge in [0.1, 0.15) is 6.10 Å². The molecule has 0 spiro atoms. The molecule has 0 saturated heterocycles. The van der Waals surface area contributed by atoms with Gasteiger partial charge in [-0.25, -0.2) is 0 Å². The highest BCUT2D eigenvalue weighted by Crippen LogP contribution is 2.33. The molecule has 1 N–H and O–H groups in total. The highest BCUT2D eigenvalue weighted by atomic mass is 35.5. The van der Waals surface area contributed by atoms with Gasteiger partial charge in [-0.15, -0.1) is 11.3 Å². The van der Waals surface area contributed by atoms with Crippen LogP contribution in [-0.4, -0.2) is 5.11 Å². The second-order valence-corrected chi connectivity index (χ2v) is 5.31. The summed E-state index contributed by atoms with van der Waals surface area (Å²) >= 11 is 13.4. The lowest BCUT2D eigenvalue weighted by Crippen LogP contribution is -1.98. The predicted molar refractivity (Wildman–Crippen MR) is 69.6 cm³/mol. The van der Waals surface area contributed by atoms with Gasteiger partial charge in [-0.2, -0.15) is 0 Å². The first kappa shape index (κ1) is 11.9. The van der Waals surface area contributed by atoms with Crippen molar-refractivity contribution in [3.05, 3.63) is 55.7 Å². The predicted octanol–water partition coefficient (Wildman–Crippen LogP) is 4.45. The molecule has 0 aliphatic rings. The third-order valence-electron chi connectivity index (χ3n) is 2.39. The van der Waals surface area contributed by atoms with Gasteiger partial charge in [-0.3, -0.25) is 0 Å². The minimum absolute atomic E-state index is 0.602. The molecule has 0 aliphatic heterocycles. The Balaban J connectivity index is 2.38. The summed E-state index contributed by atoms with van der Waals surface area (Å²) in [6.07, 6.45) is -0.677. The molecule has 1 aromatic carbocycles. The minimum atomic E-state index is -0.677. The van der Waals surface area contributed by atoms with Crippen LogP contribution in [0, 0.1) is 6.92 Å². The molecule has 0 fully saturated rings. The Bertz CT molecular complexity index is 507. The number of aliphatic hydroxyl groups is 1. The van der Waals surface area contributed by atoms with E-state index in [-0.39, 0.29) is 0 Å². The maximum atomic E-state index is 10.2. The van der Waals surface area contributed by atoms with Gasteiger partial charge in [0.2, 0.25) is 0 Å². The quantitative estimate of drug-likeness (QED) is 0.857. The summed E-state index contributed by atoms with van der Waals surface area (Å²) in [6.45, 7) is 1.91. The molecular formula is C12H10Cl2OS. The molecule has 0 radical (unpaired) electrons. The van der Waals surface area contributed by atoms with Gasteiger partial charge in [0.25, 0.3) is 0 Å². The largest absolute Gasteiger partial charge is 0.383 e. The Labute approximate surface area is 108 Å². The number of hydrogen-bond donors (Lipinski definition) is 1. The van der Waals surface area contributed by atoms with Crippen molar-refractivity contribution in [1.29, 1.82) is 0 Å². The van der Waals surface area contributed by atoms with Crippen molar-refractivity contribution in [1.82, 2.24) is 0 Å². The maximum absolute atomic E-state index is 10.2. The SMILES string of the molecule is Cc1cc(C(O)c2sccc2Cl)ccc1Cl. The molecule has 2 rings (SSSR count). The van der Waals surface area contributed by atoms with Crippen molar-refractivity contribution in [2.45, 2.75) is 13.0 Å². The molecule has 1 atom stereocenters. The van der Waals surface area contributed by atoms with Gasteiger partial charge in [0, 0.05) is 5.02 Å². The normalized spacial score (nSPS) is 12.8. The fraction of sp³-hybridized carbons (Fsp3) is 0.167.